The molecule has 1 saturated heterocycles. The Morgan fingerprint density at radius 2 is 2.07 bits per heavy atom. The van der Waals surface area contributed by atoms with Gasteiger partial charge in [-0.1, -0.05) is 6.92 Å². The molecule has 0 saturated carbocycles. The summed E-state index contributed by atoms with van der Waals surface area (Å²) in [5.41, 5.74) is 5.02. The quantitative estimate of drug-likeness (QED) is 0.682. The Labute approximate surface area is 92.4 Å². The minimum absolute atomic E-state index is 0.485. The predicted octanol–water partition coefficient (Wildman–Crippen LogP) is 0.0545. The maximum absolute atomic E-state index is 10.3. The van der Waals surface area contributed by atoms with E-state index in [1.54, 1.807) is 0 Å². The second-order valence-corrected chi connectivity index (χ2v) is 4.87. The standard InChI is InChI=1S/C11H24N2O2/c1-10(7-12)8-13(2)9-11(14)3-5-15-6-4-11/h10,14H,3-9,12H2,1-2H3. The number of ether oxygens (including phenoxy) is 1. The van der Waals surface area contributed by atoms with Gasteiger partial charge in [0.15, 0.2) is 0 Å². The highest BCUT2D eigenvalue weighted by atomic mass is 16.5. The average Bonchev–Trinajstić information content (AvgIpc) is 2.17. The van der Waals surface area contributed by atoms with Crippen LogP contribution in [0.5, 0.6) is 0 Å². The van der Waals surface area contributed by atoms with Crippen LogP contribution in [-0.4, -0.2) is 55.5 Å². The molecule has 4 nitrogen and oxygen atoms in total. The number of nitrogens with two attached hydrogens (primary N) is 1. The zero-order chi connectivity index (χ0) is 11.3. The first-order valence-electron chi connectivity index (χ1n) is 5.74. The summed E-state index contributed by atoms with van der Waals surface area (Å²) in [7, 11) is 2.04. The molecule has 4 heteroatoms. The van der Waals surface area contributed by atoms with Gasteiger partial charge in [-0.05, 0) is 19.5 Å². The van der Waals surface area contributed by atoms with Crippen LogP contribution in [0.25, 0.3) is 0 Å². The monoisotopic (exact) mass is 216 g/mol. The van der Waals surface area contributed by atoms with Crippen molar-refractivity contribution < 1.29 is 9.84 Å². The second kappa shape index (κ2) is 5.80. The van der Waals surface area contributed by atoms with Crippen molar-refractivity contribution >= 4 is 0 Å². The van der Waals surface area contributed by atoms with Crippen LogP contribution in [0.1, 0.15) is 19.8 Å². The first-order chi connectivity index (χ1) is 7.06. The molecule has 0 radical (unpaired) electrons. The molecule has 90 valence electrons. The van der Waals surface area contributed by atoms with Crippen LogP contribution >= 0.6 is 0 Å². The molecule has 0 spiro atoms. The zero-order valence-corrected chi connectivity index (χ0v) is 9.91. The SMILES string of the molecule is CC(CN)CN(C)CC1(O)CCOCC1. The molecule has 3 N–H and O–H groups in total. The predicted molar refractivity (Wildman–Crippen MR) is 60.7 cm³/mol. The number of nitrogens with zero attached hydrogens (tertiary/aromatic N) is 1. The number of aliphatic hydroxyl groups is 1. The van der Waals surface area contributed by atoms with E-state index in [0.29, 0.717) is 25.7 Å². The summed E-state index contributed by atoms with van der Waals surface area (Å²) >= 11 is 0. The highest BCUT2D eigenvalue weighted by molar-refractivity contribution is 4.84. The second-order valence-electron chi connectivity index (χ2n) is 4.87. The van der Waals surface area contributed by atoms with E-state index >= 15 is 0 Å². The van der Waals surface area contributed by atoms with E-state index in [2.05, 4.69) is 11.8 Å². The van der Waals surface area contributed by atoms with Gasteiger partial charge in [-0.25, -0.2) is 0 Å². The lowest BCUT2D eigenvalue weighted by Gasteiger charge is -2.36. The van der Waals surface area contributed by atoms with Gasteiger partial charge in [0.05, 0.1) is 5.60 Å². The van der Waals surface area contributed by atoms with Gasteiger partial charge >= 0.3 is 0 Å². The molecule has 1 rings (SSSR count). The van der Waals surface area contributed by atoms with Crippen molar-refractivity contribution in [3.63, 3.8) is 0 Å². The van der Waals surface area contributed by atoms with Crippen molar-refractivity contribution in [1.29, 1.82) is 0 Å². The summed E-state index contributed by atoms with van der Waals surface area (Å²) in [6, 6.07) is 0. The third-order valence-corrected chi connectivity index (χ3v) is 3.01. The normalized spacial score (nSPS) is 23.0. The molecule has 1 aliphatic rings. The lowest BCUT2D eigenvalue weighted by Crippen LogP contribution is -2.46. The molecule has 0 aromatic heterocycles. The molecule has 0 amide bonds. The fraction of sp³-hybridized carbons (Fsp3) is 1.00. The first kappa shape index (κ1) is 12.9. The Bertz CT molecular complexity index is 181. The van der Waals surface area contributed by atoms with Crippen molar-refractivity contribution in [2.24, 2.45) is 11.7 Å². The molecular weight excluding hydrogens is 192 g/mol. The Balaban J connectivity index is 2.31. The van der Waals surface area contributed by atoms with E-state index in [1.807, 2.05) is 7.05 Å². The molecular formula is C11H24N2O2. The highest BCUT2D eigenvalue weighted by Crippen LogP contribution is 2.21. The summed E-state index contributed by atoms with van der Waals surface area (Å²) in [4.78, 5) is 2.17. The van der Waals surface area contributed by atoms with Crippen LogP contribution in [0, 0.1) is 5.92 Å². The zero-order valence-electron chi connectivity index (χ0n) is 9.91. The Kier molecular flexibility index (Phi) is 4.99. The van der Waals surface area contributed by atoms with Gasteiger partial charge in [0.25, 0.3) is 0 Å². The Hall–Kier alpha value is -0.160. The molecule has 0 aromatic rings. The molecule has 0 aliphatic carbocycles. The van der Waals surface area contributed by atoms with Gasteiger partial charge in [0.2, 0.25) is 0 Å². The molecule has 1 atom stereocenters. The minimum Gasteiger partial charge on any atom is -0.388 e. The molecule has 15 heavy (non-hydrogen) atoms. The summed E-state index contributed by atoms with van der Waals surface area (Å²) in [6.45, 7) is 5.85. The maximum Gasteiger partial charge on any atom is 0.0817 e. The maximum atomic E-state index is 10.3. The number of hydrogen-bond donors (Lipinski definition) is 2. The summed E-state index contributed by atoms with van der Waals surface area (Å²) < 4.78 is 5.25. The number of rotatable bonds is 5. The van der Waals surface area contributed by atoms with E-state index in [1.165, 1.54) is 0 Å². The summed E-state index contributed by atoms with van der Waals surface area (Å²) in [5, 5.41) is 10.3. The van der Waals surface area contributed by atoms with Crippen LogP contribution in [-0.2, 0) is 4.74 Å². The fourth-order valence-corrected chi connectivity index (χ4v) is 2.08. The van der Waals surface area contributed by atoms with Gasteiger partial charge in [-0.3, -0.25) is 0 Å². The molecule has 0 aromatic carbocycles. The molecule has 1 aliphatic heterocycles. The third kappa shape index (κ3) is 4.47. The fourth-order valence-electron chi connectivity index (χ4n) is 2.08. The highest BCUT2D eigenvalue weighted by Gasteiger charge is 2.31. The van der Waals surface area contributed by atoms with Gasteiger partial charge in [0, 0.05) is 39.1 Å². The summed E-state index contributed by atoms with van der Waals surface area (Å²) in [6.07, 6.45) is 1.49. The van der Waals surface area contributed by atoms with Crippen molar-refractivity contribution in [1.82, 2.24) is 4.90 Å². The van der Waals surface area contributed by atoms with Crippen molar-refractivity contribution in [3.8, 4) is 0 Å². The molecule has 1 fully saturated rings. The Morgan fingerprint density at radius 3 is 2.60 bits per heavy atom. The van der Waals surface area contributed by atoms with E-state index < -0.39 is 5.60 Å². The van der Waals surface area contributed by atoms with E-state index in [-0.39, 0.29) is 0 Å². The van der Waals surface area contributed by atoms with Crippen LogP contribution < -0.4 is 5.73 Å². The van der Waals surface area contributed by atoms with Gasteiger partial charge < -0.3 is 20.5 Å². The van der Waals surface area contributed by atoms with Crippen molar-refractivity contribution in [3.05, 3.63) is 0 Å². The van der Waals surface area contributed by atoms with Crippen LogP contribution in [0.3, 0.4) is 0 Å². The third-order valence-electron chi connectivity index (χ3n) is 3.01. The van der Waals surface area contributed by atoms with Crippen LogP contribution in [0.4, 0.5) is 0 Å². The molecule has 0 bridgehead atoms. The first-order valence-corrected chi connectivity index (χ1v) is 5.74. The Morgan fingerprint density at radius 1 is 1.47 bits per heavy atom. The smallest absolute Gasteiger partial charge is 0.0817 e. The lowest BCUT2D eigenvalue weighted by molar-refractivity contribution is -0.0777. The van der Waals surface area contributed by atoms with Gasteiger partial charge in [0.1, 0.15) is 0 Å². The number of hydrogen-bond acceptors (Lipinski definition) is 4. The van der Waals surface area contributed by atoms with E-state index in [9.17, 15) is 5.11 Å². The van der Waals surface area contributed by atoms with Crippen LogP contribution in [0.2, 0.25) is 0 Å². The summed E-state index contributed by atoms with van der Waals surface area (Å²) in [5.74, 6) is 0.485. The van der Waals surface area contributed by atoms with Crippen molar-refractivity contribution in [2.45, 2.75) is 25.4 Å². The van der Waals surface area contributed by atoms with Crippen molar-refractivity contribution in [2.75, 3.05) is 39.9 Å². The largest absolute Gasteiger partial charge is 0.388 e. The minimum atomic E-state index is -0.554. The lowest BCUT2D eigenvalue weighted by atomic mass is 9.93. The number of likely N-dealkylation sites (N-methyl/N-ethyl adjacent to an activating group) is 1. The van der Waals surface area contributed by atoms with E-state index in [0.717, 1.165) is 25.9 Å². The van der Waals surface area contributed by atoms with E-state index in [4.69, 9.17) is 10.5 Å². The van der Waals surface area contributed by atoms with Crippen LogP contribution in [0.15, 0.2) is 0 Å². The van der Waals surface area contributed by atoms with Gasteiger partial charge in [-0.15, -0.1) is 0 Å². The average molecular weight is 216 g/mol. The topological polar surface area (TPSA) is 58.7 Å². The molecule has 1 heterocycles. The van der Waals surface area contributed by atoms with Gasteiger partial charge in [-0.2, -0.15) is 0 Å². The molecule has 1 unspecified atom stereocenters.